The molecular formula is C13H9BrF2O2. The van der Waals surface area contributed by atoms with Crippen molar-refractivity contribution >= 4 is 15.9 Å². The molecule has 0 radical (unpaired) electrons. The Morgan fingerprint density at radius 3 is 2.39 bits per heavy atom. The molecule has 1 N–H and O–H groups in total. The van der Waals surface area contributed by atoms with Crippen LogP contribution in [0, 0.1) is 11.6 Å². The maximum absolute atomic E-state index is 13.6. The predicted molar refractivity (Wildman–Crippen MR) is 66.5 cm³/mol. The lowest BCUT2D eigenvalue weighted by Gasteiger charge is -2.09. The lowest BCUT2D eigenvalue weighted by atomic mass is 10.2. The Kier molecular flexibility index (Phi) is 3.93. The monoisotopic (exact) mass is 314 g/mol. The van der Waals surface area contributed by atoms with Crippen molar-refractivity contribution in [1.82, 2.24) is 0 Å². The lowest BCUT2D eigenvalue weighted by molar-refractivity contribution is 0.281. The van der Waals surface area contributed by atoms with E-state index in [2.05, 4.69) is 15.9 Å². The van der Waals surface area contributed by atoms with Gasteiger partial charge in [0.25, 0.3) is 0 Å². The van der Waals surface area contributed by atoms with Crippen LogP contribution in [-0.2, 0) is 6.61 Å². The molecule has 0 heterocycles. The van der Waals surface area contributed by atoms with Crippen molar-refractivity contribution < 1.29 is 18.6 Å². The van der Waals surface area contributed by atoms with Gasteiger partial charge in [-0.15, -0.1) is 0 Å². The Bertz CT molecular complexity index is 573. The molecule has 5 heteroatoms. The number of ether oxygens (including phenoxy) is 1. The second-order valence-corrected chi connectivity index (χ2v) is 4.45. The minimum Gasteiger partial charge on any atom is -0.453 e. The van der Waals surface area contributed by atoms with Gasteiger partial charge in [-0.05, 0) is 51.8 Å². The fraction of sp³-hybridized carbons (Fsp3) is 0.0769. The van der Waals surface area contributed by atoms with Crippen LogP contribution in [0.3, 0.4) is 0 Å². The molecule has 0 aromatic heterocycles. The van der Waals surface area contributed by atoms with E-state index >= 15 is 0 Å². The van der Waals surface area contributed by atoms with E-state index in [0.717, 1.165) is 0 Å². The summed E-state index contributed by atoms with van der Waals surface area (Å²) in [7, 11) is 0. The molecule has 0 fully saturated rings. The SMILES string of the molecule is OCc1ccc(Oc2ccc(F)cc2Br)c(F)c1. The number of benzene rings is 2. The first-order chi connectivity index (χ1) is 8.60. The zero-order valence-electron chi connectivity index (χ0n) is 9.16. The standard InChI is InChI=1S/C13H9BrF2O2/c14-10-6-9(15)2-4-12(10)18-13-3-1-8(7-17)5-11(13)16/h1-6,17H,7H2. The summed E-state index contributed by atoms with van der Waals surface area (Å²) in [6, 6.07) is 8.01. The average molecular weight is 315 g/mol. The Morgan fingerprint density at radius 1 is 1.06 bits per heavy atom. The molecule has 0 atom stereocenters. The molecule has 2 aromatic rings. The first kappa shape index (κ1) is 13.0. The molecule has 0 saturated heterocycles. The largest absolute Gasteiger partial charge is 0.453 e. The van der Waals surface area contributed by atoms with Crippen molar-refractivity contribution in [3.8, 4) is 11.5 Å². The molecule has 94 valence electrons. The molecule has 2 aromatic carbocycles. The average Bonchev–Trinajstić information content (AvgIpc) is 2.34. The van der Waals surface area contributed by atoms with Crippen molar-refractivity contribution in [2.24, 2.45) is 0 Å². The van der Waals surface area contributed by atoms with Gasteiger partial charge < -0.3 is 9.84 Å². The fourth-order valence-electron chi connectivity index (χ4n) is 1.40. The minimum absolute atomic E-state index is 0.0134. The second kappa shape index (κ2) is 5.46. The van der Waals surface area contributed by atoms with Gasteiger partial charge in [0.15, 0.2) is 11.6 Å². The molecule has 2 rings (SSSR count). The molecule has 0 unspecified atom stereocenters. The summed E-state index contributed by atoms with van der Waals surface area (Å²) < 4.78 is 32.2. The van der Waals surface area contributed by atoms with Crippen LogP contribution in [0.5, 0.6) is 11.5 Å². The highest BCUT2D eigenvalue weighted by Crippen LogP contribution is 2.31. The Hall–Kier alpha value is -1.46. The molecule has 0 amide bonds. The smallest absolute Gasteiger partial charge is 0.166 e. The Labute approximate surface area is 111 Å². The summed E-state index contributed by atoms with van der Waals surface area (Å²) >= 11 is 3.13. The molecule has 0 aliphatic heterocycles. The molecule has 0 bridgehead atoms. The predicted octanol–water partition coefficient (Wildman–Crippen LogP) is 4.01. The van der Waals surface area contributed by atoms with Crippen molar-refractivity contribution in [2.75, 3.05) is 0 Å². The van der Waals surface area contributed by atoms with Crippen molar-refractivity contribution in [3.05, 3.63) is 58.1 Å². The van der Waals surface area contributed by atoms with Gasteiger partial charge in [0, 0.05) is 0 Å². The lowest BCUT2D eigenvalue weighted by Crippen LogP contribution is -1.92. The van der Waals surface area contributed by atoms with Gasteiger partial charge in [0.1, 0.15) is 11.6 Å². The summed E-state index contributed by atoms with van der Waals surface area (Å²) in [5.74, 6) is -0.672. The normalized spacial score (nSPS) is 10.4. The molecule has 0 saturated carbocycles. The van der Waals surface area contributed by atoms with Gasteiger partial charge in [-0.3, -0.25) is 0 Å². The molecular weight excluding hydrogens is 306 g/mol. The number of hydrogen-bond acceptors (Lipinski definition) is 2. The van der Waals surface area contributed by atoms with E-state index < -0.39 is 11.6 Å². The summed E-state index contributed by atoms with van der Waals surface area (Å²) in [5.41, 5.74) is 0.457. The third-order valence-corrected chi connectivity index (χ3v) is 2.91. The van der Waals surface area contributed by atoms with Gasteiger partial charge in [-0.2, -0.15) is 0 Å². The number of halogens is 3. The second-order valence-electron chi connectivity index (χ2n) is 3.60. The summed E-state index contributed by atoms with van der Waals surface area (Å²) in [5, 5.41) is 8.86. The first-order valence-corrected chi connectivity index (χ1v) is 5.91. The fourth-order valence-corrected chi connectivity index (χ4v) is 1.83. The third-order valence-electron chi connectivity index (χ3n) is 2.29. The maximum Gasteiger partial charge on any atom is 0.166 e. The quantitative estimate of drug-likeness (QED) is 0.927. The van der Waals surface area contributed by atoms with Crippen LogP contribution in [0.25, 0.3) is 0 Å². The summed E-state index contributed by atoms with van der Waals surface area (Å²) in [4.78, 5) is 0. The van der Waals surface area contributed by atoms with Gasteiger partial charge in [-0.1, -0.05) is 6.07 Å². The highest BCUT2D eigenvalue weighted by molar-refractivity contribution is 9.10. The van der Waals surface area contributed by atoms with E-state index in [1.54, 1.807) is 6.07 Å². The van der Waals surface area contributed by atoms with Gasteiger partial charge in [0.2, 0.25) is 0 Å². The van der Waals surface area contributed by atoms with Crippen LogP contribution in [0.2, 0.25) is 0 Å². The van der Waals surface area contributed by atoms with Crippen LogP contribution < -0.4 is 4.74 Å². The van der Waals surface area contributed by atoms with E-state index in [-0.39, 0.29) is 12.4 Å². The van der Waals surface area contributed by atoms with E-state index in [4.69, 9.17) is 9.84 Å². The van der Waals surface area contributed by atoms with Gasteiger partial charge >= 0.3 is 0 Å². The van der Waals surface area contributed by atoms with E-state index in [9.17, 15) is 8.78 Å². The number of aliphatic hydroxyl groups excluding tert-OH is 1. The van der Waals surface area contributed by atoms with Gasteiger partial charge in [0.05, 0.1) is 11.1 Å². The third kappa shape index (κ3) is 2.86. The Balaban J connectivity index is 2.28. The van der Waals surface area contributed by atoms with E-state index in [1.165, 1.54) is 30.3 Å². The number of aliphatic hydroxyl groups is 1. The molecule has 18 heavy (non-hydrogen) atoms. The summed E-state index contributed by atoms with van der Waals surface area (Å²) in [6.07, 6.45) is 0. The van der Waals surface area contributed by atoms with Crippen molar-refractivity contribution in [3.63, 3.8) is 0 Å². The molecule has 0 aliphatic carbocycles. The van der Waals surface area contributed by atoms with Crippen LogP contribution in [-0.4, -0.2) is 5.11 Å². The van der Waals surface area contributed by atoms with Gasteiger partial charge in [-0.25, -0.2) is 8.78 Å². The zero-order valence-corrected chi connectivity index (χ0v) is 10.7. The summed E-state index contributed by atoms with van der Waals surface area (Å²) in [6.45, 7) is -0.239. The molecule has 2 nitrogen and oxygen atoms in total. The Morgan fingerprint density at radius 2 is 1.78 bits per heavy atom. The number of rotatable bonds is 3. The first-order valence-electron chi connectivity index (χ1n) is 5.12. The molecule has 0 aliphatic rings. The van der Waals surface area contributed by atoms with Crippen LogP contribution in [0.15, 0.2) is 40.9 Å². The maximum atomic E-state index is 13.6. The van der Waals surface area contributed by atoms with E-state index in [0.29, 0.717) is 15.8 Å². The number of hydrogen-bond donors (Lipinski definition) is 1. The highest BCUT2D eigenvalue weighted by Gasteiger charge is 2.09. The zero-order chi connectivity index (χ0) is 13.1. The highest BCUT2D eigenvalue weighted by atomic mass is 79.9. The van der Waals surface area contributed by atoms with Crippen molar-refractivity contribution in [1.29, 1.82) is 0 Å². The van der Waals surface area contributed by atoms with E-state index in [1.807, 2.05) is 0 Å². The molecule has 0 spiro atoms. The van der Waals surface area contributed by atoms with Crippen LogP contribution in [0.4, 0.5) is 8.78 Å². The van der Waals surface area contributed by atoms with Crippen LogP contribution in [0.1, 0.15) is 5.56 Å². The van der Waals surface area contributed by atoms with Crippen molar-refractivity contribution in [2.45, 2.75) is 6.61 Å². The minimum atomic E-state index is -0.585. The van der Waals surface area contributed by atoms with Crippen LogP contribution >= 0.6 is 15.9 Å². The topological polar surface area (TPSA) is 29.5 Å².